The molecule has 0 amide bonds. The van der Waals surface area contributed by atoms with E-state index in [2.05, 4.69) is 48.5 Å². The zero-order valence-corrected chi connectivity index (χ0v) is 13.7. The Balaban J connectivity index is 0.000000147. The topological polar surface area (TPSA) is 0 Å². The van der Waals surface area contributed by atoms with Crippen molar-refractivity contribution < 1.29 is 21.1 Å². The van der Waals surface area contributed by atoms with Crippen molar-refractivity contribution in [2.24, 2.45) is 0 Å². The quantitative estimate of drug-likeness (QED) is 0.321. The number of hydrogen-bond acceptors (Lipinski definition) is 0. The maximum atomic E-state index is 3.15. The summed E-state index contributed by atoms with van der Waals surface area (Å²) in [7, 11) is 0. The molecular formula is C20H14Pt. The fourth-order valence-electron chi connectivity index (χ4n) is 2.13. The Bertz CT molecular complexity index is 619. The van der Waals surface area contributed by atoms with E-state index >= 15 is 0 Å². The molecule has 0 aliphatic carbocycles. The smallest absolute Gasteiger partial charge is 0.147 e. The van der Waals surface area contributed by atoms with Gasteiger partial charge >= 0.3 is 21.1 Å². The minimum absolute atomic E-state index is 0. The molecule has 0 atom stereocenters. The van der Waals surface area contributed by atoms with Gasteiger partial charge in [0.1, 0.15) is 0 Å². The van der Waals surface area contributed by atoms with E-state index in [0.29, 0.717) is 0 Å². The van der Waals surface area contributed by atoms with Gasteiger partial charge in [-0.05, 0) is 0 Å². The van der Waals surface area contributed by atoms with Crippen LogP contribution < -0.4 is 0 Å². The third-order valence-electron chi connectivity index (χ3n) is 3.14. The summed E-state index contributed by atoms with van der Waals surface area (Å²) < 4.78 is 0. The summed E-state index contributed by atoms with van der Waals surface area (Å²) in [6, 6.07) is 34.8. The van der Waals surface area contributed by atoms with Gasteiger partial charge in [-0.15, -0.1) is 94.3 Å². The molecule has 0 aliphatic heterocycles. The van der Waals surface area contributed by atoms with Gasteiger partial charge in [-0.25, -0.2) is 0 Å². The normalized spacial score (nSPS) is 9.52. The summed E-state index contributed by atoms with van der Waals surface area (Å²) in [5, 5.41) is 4.88. The number of rotatable bonds is 0. The van der Waals surface area contributed by atoms with E-state index in [1.807, 2.05) is 48.5 Å². The van der Waals surface area contributed by atoms with Crippen molar-refractivity contribution in [3.8, 4) is 0 Å². The summed E-state index contributed by atoms with van der Waals surface area (Å²) in [6.07, 6.45) is 0. The molecule has 0 radical (unpaired) electrons. The third-order valence-corrected chi connectivity index (χ3v) is 3.14. The number of benzene rings is 4. The van der Waals surface area contributed by atoms with Gasteiger partial charge in [-0.2, -0.15) is 0 Å². The molecule has 0 heterocycles. The van der Waals surface area contributed by atoms with Gasteiger partial charge in [-0.3, -0.25) is 0 Å². The molecule has 1 heteroatoms. The molecule has 21 heavy (non-hydrogen) atoms. The first-order chi connectivity index (χ1) is 9.93. The second kappa shape index (κ2) is 7.76. The van der Waals surface area contributed by atoms with Gasteiger partial charge in [0, 0.05) is 0 Å². The zero-order chi connectivity index (χ0) is 13.6. The van der Waals surface area contributed by atoms with Crippen LogP contribution in [-0.2, 0) is 21.1 Å². The van der Waals surface area contributed by atoms with Crippen molar-refractivity contribution >= 4 is 21.5 Å². The molecule has 104 valence electrons. The second-order valence-corrected chi connectivity index (χ2v) is 4.51. The van der Waals surface area contributed by atoms with Crippen LogP contribution in [0.4, 0.5) is 0 Å². The molecule has 0 N–H and O–H groups in total. The molecule has 0 saturated heterocycles. The van der Waals surface area contributed by atoms with Crippen molar-refractivity contribution in [2.75, 3.05) is 0 Å². The van der Waals surface area contributed by atoms with Crippen molar-refractivity contribution in [3.05, 3.63) is 97.1 Å². The van der Waals surface area contributed by atoms with Crippen LogP contribution >= 0.6 is 0 Å². The van der Waals surface area contributed by atoms with E-state index in [-0.39, 0.29) is 21.1 Å². The minimum atomic E-state index is 0. The molecule has 4 aromatic rings. The Morgan fingerprint density at radius 3 is 1.29 bits per heavy atom. The summed E-state index contributed by atoms with van der Waals surface area (Å²) in [5.41, 5.74) is 0. The second-order valence-electron chi connectivity index (χ2n) is 4.51. The van der Waals surface area contributed by atoms with E-state index in [1.165, 1.54) is 21.5 Å². The Labute approximate surface area is 139 Å². The molecule has 0 aromatic heterocycles. The van der Waals surface area contributed by atoms with Crippen molar-refractivity contribution in [1.29, 1.82) is 0 Å². The van der Waals surface area contributed by atoms with Gasteiger partial charge in [0.25, 0.3) is 0 Å². The van der Waals surface area contributed by atoms with Crippen LogP contribution in [0.2, 0.25) is 0 Å². The Morgan fingerprint density at radius 2 is 0.857 bits per heavy atom. The van der Waals surface area contributed by atoms with E-state index in [1.54, 1.807) is 0 Å². The van der Waals surface area contributed by atoms with E-state index in [4.69, 9.17) is 0 Å². The van der Waals surface area contributed by atoms with Crippen LogP contribution in [0.5, 0.6) is 0 Å². The predicted molar refractivity (Wildman–Crippen MR) is 85.6 cm³/mol. The van der Waals surface area contributed by atoms with Gasteiger partial charge in [0.15, 0.2) is 0 Å². The Morgan fingerprint density at radius 1 is 0.476 bits per heavy atom. The first-order valence-electron chi connectivity index (χ1n) is 6.64. The molecule has 0 nitrogen and oxygen atoms in total. The molecule has 4 aromatic carbocycles. The molecule has 0 spiro atoms. The Hall–Kier alpha value is -1.91. The van der Waals surface area contributed by atoms with Crippen LogP contribution in [0.15, 0.2) is 84.9 Å². The maximum Gasteiger partial charge on any atom is 2.00 e. The van der Waals surface area contributed by atoms with E-state index in [9.17, 15) is 0 Å². The Kier molecular flexibility index (Phi) is 5.72. The minimum Gasteiger partial charge on any atom is -0.147 e. The van der Waals surface area contributed by atoms with Gasteiger partial charge in [-0.1, -0.05) is 24.3 Å². The maximum absolute atomic E-state index is 3.15. The standard InChI is InChI=1S/2C10H7.Pt/c2*1-2-6-10-8-4-3-7-9(10)5-1;/h2*1-7H;/q2*-1;+2. The molecule has 0 aliphatic rings. The monoisotopic (exact) mass is 449 g/mol. The molecule has 0 bridgehead atoms. The van der Waals surface area contributed by atoms with Crippen molar-refractivity contribution in [1.82, 2.24) is 0 Å². The zero-order valence-electron chi connectivity index (χ0n) is 11.4. The summed E-state index contributed by atoms with van der Waals surface area (Å²) >= 11 is 0. The van der Waals surface area contributed by atoms with Crippen molar-refractivity contribution in [3.63, 3.8) is 0 Å². The van der Waals surface area contributed by atoms with Crippen LogP contribution in [0, 0.1) is 12.1 Å². The molecule has 4 rings (SSSR count). The third kappa shape index (κ3) is 4.03. The van der Waals surface area contributed by atoms with Crippen molar-refractivity contribution in [2.45, 2.75) is 0 Å². The first-order valence-corrected chi connectivity index (χ1v) is 6.64. The van der Waals surface area contributed by atoms with Crippen LogP contribution in [0.25, 0.3) is 21.5 Å². The van der Waals surface area contributed by atoms with Gasteiger partial charge in [0.2, 0.25) is 0 Å². The average molecular weight is 449 g/mol. The van der Waals surface area contributed by atoms with Crippen LogP contribution in [0.1, 0.15) is 0 Å². The molecular weight excluding hydrogens is 435 g/mol. The van der Waals surface area contributed by atoms with Crippen LogP contribution in [0.3, 0.4) is 0 Å². The summed E-state index contributed by atoms with van der Waals surface area (Å²) in [4.78, 5) is 0. The summed E-state index contributed by atoms with van der Waals surface area (Å²) in [6.45, 7) is 0. The van der Waals surface area contributed by atoms with E-state index in [0.717, 1.165) is 0 Å². The van der Waals surface area contributed by atoms with Gasteiger partial charge in [0.05, 0.1) is 0 Å². The first kappa shape index (κ1) is 15.5. The largest absolute Gasteiger partial charge is 2.00 e. The number of hydrogen-bond donors (Lipinski definition) is 0. The molecule has 0 saturated carbocycles. The SMILES string of the molecule is [Pt+2].[c-]1cccc2ccccc12.[c-]1cccc2ccccc12. The molecule has 0 fully saturated rings. The van der Waals surface area contributed by atoms with Crippen LogP contribution in [-0.4, -0.2) is 0 Å². The van der Waals surface area contributed by atoms with E-state index < -0.39 is 0 Å². The number of fused-ring (bicyclic) bond motifs is 2. The average Bonchev–Trinajstić information content (AvgIpc) is 2.56. The fraction of sp³-hybridized carbons (Fsp3) is 0. The fourth-order valence-corrected chi connectivity index (χ4v) is 2.13. The molecule has 0 unspecified atom stereocenters. The summed E-state index contributed by atoms with van der Waals surface area (Å²) in [5.74, 6) is 0. The van der Waals surface area contributed by atoms with Gasteiger partial charge < -0.3 is 0 Å². The predicted octanol–water partition coefficient (Wildman–Crippen LogP) is 5.28.